The largest absolute Gasteiger partial charge is 0.501 e. The van der Waals surface area contributed by atoms with Crippen LogP contribution in [0.5, 0.6) is 0 Å². The molecule has 2 unspecified atom stereocenters. The summed E-state index contributed by atoms with van der Waals surface area (Å²) in [6.45, 7) is 10.4. The molecule has 2 atom stereocenters. The standard InChI is InChI=1S/C17H26ClIO3Si/c1-5-20-23(21-10-13(2)11-22-23)12-14(3)15-6-8-16(9-7-15)17(4,18)19/h6-9,13-14H,5,10-12H2,1-4H3. The summed E-state index contributed by atoms with van der Waals surface area (Å²) in [5.74, 6) is 0.766. The molecule has 0 radical (unpaired) electrons. The van der Waals surface area contributed by atoms with Crippen LogP contribution in [0.15, 0.2) is 24.3 Å². The van der Waals surface area contributed by atoms with Gasteiger partial charge in [-0.1, -0.05) is 60.7 Å². The molecule has 0 aromatic heterocycles. The molecular formula is C17H26ClIO3Si. The molecule has 0 saturated carbocycles. The Morgan fingerprint density at radius 3 is 2.39 bits per heavy atom. The summed E-state index contributed by atoms with van der Waals surface area (Å²) in [6.07, 6.45) is 0. The van der Waals surface area contributed by atoms with E-state index in [-0.39, 0.29) is 2.88 Å². The lowest BCUT2D eigenvalue weighted by Crippen LogP contribution is -2.52. The second-order valence-electron chi connectivity index (χ2n) is 6.46. The Kier molecular flexibility index (Phi) is 6.96. The van der Waals surface area contributed by atoms with Crippen LogP contribution < -0.4 is 0 Å². The molecule has 1 fully saturated rings. The normalized spacial score (nSPS) is 29.0. The van der Waals surface area contributed by atoms with Crippen LogP contribution in [0.1, 0.15) is 44.7 Å². The zero-order valence-electron chi connectivity index (χ0n) is 14.3. The molecule has 3 nitrogen and oxygen atoms in total. The van der Waals surface area contributed by atoms with E-state index in [0.29, 0.717) is 18.4 Å². The predicted molar refractivity (Wildman–Crippen MR) is 105 cm³/mol. The number of rotatable bonds is 6. The fraction of sp³-hybridized carbons (Fsp3) is 0.647. The molecule has 0 spiro atoms. The van der Waals surface area contributed by atoms with Crippen LogP contribution in [0.4, 0.5) is 0 Å². The van der Waals surface area contributed by atoms with Crippen molar-refractivity contribution >= 4 is 43.0 Å². The first-order valence-electron chi connectivity index (χ1n) is 8.16. The second-order valence-corrected chi connectivity index (χ2v) is 12.7. The number of hydrogen-bond acceptors (Lipinski definition) is 3. The average Bonchev–Trinajstić information content (AvgIpc) is 2.50. The van der Waals surface area contributed by atoms with Crippen LogP contribution in [-0.4, -0.2) is 28.6 Å². The van der Waals surface area contributed by atoms with E-state index in [4.69, 9.17) is 24.9 Å². The number of hydrogen-bond donors (Lipinski definition) is 0. The molecule has 1 aromatic carbocycles. The van der Waals surface area contributed by atoms with Crippen LogP contribution in [0.3, 0.4) is 0 Å². The maximum Gasteiger partial charge on any atom is 0.501 e. The molecule has 0 aliphatic carbocycles. The van der Waals surface area contributed by atoms with Gasteiger partial charge in [-0.3, -0.25) is 0 Å². The summed E-state index contributed by atoms with van der Waals surface area (Å²) in [5, 5.41) is 0. The van der Waals surface area contributed by atoms with Gasteiger partial charge in [-0.15, -0.1) is 11.6 Å². The van der Waals surface area contributed by atoms with Gasteiger partial charge in [0.2, 0.25) is 0 Å². The molecule has 23 heavy (non-hydrogen) atoms. The maximum atomic E-state index is 6.36. The summed E-state index contributed by atoms with van der Waals surface area (Å²) in [7, 11) is -2.55. The zero-order valence-corrected chi connectivity index (χ0v) is 18.2. The van der Waals surface area contributed by atoms with Crippen LogP contribution in [0.25, 0.3) is 0 Å². The van der Waals surface area contributed by atoms with Gasteiger partial charge in [-0.05, 0) is 30.9 Å². The molecule has 1 aliphatic heterocycles. The molecule has 0 amide bonds. The van der Waals surface area contributed by atoms with Gasteiger partial charge >= 0.3 is 8.80 Å². The quantitative estimate of drug-likeness (QED) is 0.322. The van der Waals surface area contributed by atoms with Gasteiger partial charge in [0.15, 0.2) is 0 Å². The van der Waals surface area contributed by atoms with Crippen molar-refractivity contribution in [3.8, 4) is 0 Å². The SMILES string of the molecule is CCO[Si]1(CC(C)c2ccc(C(C)(Cl)I)cc2)OCC(C)CO1. The summed E-state index contributed by atoms with van der Waals surface area (Å²) in [6, 6.07) is 9.32. The summed E-state index contributed by atoms with van der Waals surface area (Å²) < 4.78 is 17.7. The summed E-state index contributed by atoms with van der Waals surface area (Å²) in [4.78, 5) is 0. The molecule has 2 rings (SSSR count). The van der Waals surface area contributed by atoms with Gasteiger partial charge in [0.25, 0.3) is 0 Å². The van der Waals surface area contributed by atoms with Crippen molar-refractivity contribution in [1.82, 2.24) is 0 Å². The van der Waals surface area contributed by atoms with Gasteiger partial charge in [-0.2, -0.15) is 0 Å². The Bertz CT molecular complexity index is 496. The van der Waals surface area contributed by atoms with Crippen molar-refractivity contribution in [2.75, 3.05) is 19.8 Å². The van der Waals surface area contributed by atoms with E-state index >= 15 is 0 Å². The fourth-order valence-corrected chi connectivity index (χ4v) is 6.30. The third kappa shape index (κ3) is 5.41. The first-order chi connectivity index (χ1) is 10.8. The zero-order chi connectivity index (χ0) is 17.1. The minimum Gasteiger partial charge on any atom is -0.374 e. The molecule has 1 saturated heterocycles. The van der Waals surface area contributed by atoms with E-state index in [1.165, 1.54) is 5.56 Å². The number of benzene rings is 1. The highest BCUT2D eigenvalue weighted by atomic mass is 127. The van der Waals surface area contributed by atoms with E-state index in [9.17, 15) is 0 Å². The summed E-state index contributed by atoms with van der Waals surface area (Å²) >= 11 is 8.60. The van der Waals surface area contributed by atoms with Crippen LogP contribution in [-0.2, 0) is 16.2 Å². The topological polar surface area (TPSA) is 27.7 Å². The third-order valence-electron chi connectivity index (χ3n) is 4.08. The third-order valence-corrected chi connectivity index (χ3v) is 7.98. The van der Waals surface area contributed by atoms with Crippen LogP contribution in [0.2, 0.25) is 6.04 Å². The van der Waals surface area contributed by atoms with Gasteiger partial charge in [0, 0.05) is 31.8 Å². The predicted octanol–water partition coefficient (Wildman–Crippen LogP) is 5.29. The Hall–Kier alpha value is 0.337. The van der Waals surface area contributed by atoms with E-state index in [1.807, 2.05) is 13.8 Å². The maximum absolute atomic E-state index is 6.36. The van der Waals surface area contributed by atoms with Crippen molar-refractivity contribution in [2.45, 2.75) is 42.5 Å². The van der Waals surface area contributed by atoms with Crippen molar-refractivity contribution in [3.05, 3.63) is 35.4 Å². The monoisotopic (exact) mass is 468 g/mol. The molecule has 0 N–H and O–H groups in total. The highest BCUT2D eigenvalue weighted by Crippen LogP contribution is 2.37. The molecule has 130 valence electrons. The Morgan fingerprint density at radius 2 is 1.91 bits per heavy atom. The lowest BCUT2D eigenvalue weighted by Gasteiger charge is -2.37. The molecule has 1 heterocycles. The van der Waals surface area contributed by atoms with Crippen molar-refractivity contribution in [2.24, 2.45) is 5.92 Å². The fourth-order valence-electron chi connectivity index (χ4n) is 2.71. The van der Waals surface area contributed by atoms with Crippen LogP contribution >= 0.6 is 34.2 Å². The molecule has 6 heteroatoms. The van der Waals surface area contributed by atoms with Gasteiger partial charge in [0.05, 0.1) is 0 Å². The van der Waals surface area contributed by atoms with Crippen molar-refractivity contribution in [1.29, 1.82) is 0 Å². The Labute approximate surface area is 159 Å². The lowest BCUT2D eigenvalue weighted by molar-refractivity contribution is -0.00345. The van der Waals surface area contributed by atoms with E-state index < -0.39 is 8.80 Å². The van der Waals surface area contributed by atoms with Crippen molar-refractivity contribution < 1.29 is 13.3 Å². The highest BCUT2D eigenvalue weighted by molar-refractivity contribution is 14.1. The van der Waals surface area contributed by atoms with Crippen molar-refractivity contribution in [3.63, 3.8) is 0 Å². The highest BCUT2D eigenvalue weighted by Gasteiger charge is 2.45. The summed E-state index contributed by atoms with van der Waals surface area (Å²) in [5.41, 5.74) is 2.38. The van der Waals surface area contributed by atoms with Gasteiger partial charge < -0.3 is 13.3 Å². The lowest BCUT2D eigenvalue weighted by atomic mass is 10.0. The number of halogens is 2. The van der Waals surface area contributed by atoms with Gasteiger partial charge in [0.1, 0.15) is 2.88 Å². The minimum absolute atomic E-state index is 0.325. The van der Waals surface area contributed by atoms with E-state index in [0.717, 1.165) is 24.8 Å². The number of alkyl halides is 2. The smallest absolute Gasteiger partial charge is 0.374 e. The Morgan fingerprint density at radius 1 is 1.35 bits per heavy atom. The van der Waals surface area contributed by atoms with Gasteiger partial charge in [-0.25, -0.2) is 0 Å². The van der Waals surface area contributed by atoms with E-state index in [2.05, 4.69) is 60.7 Å². The molecule has 1 aromatic rings. The molecule has 1 aliphatic rings. The average molecular weight is 469 g/mol. The minimum atomic E-state index is -2.55. The Balaban J connectivity index is 2.08. The second kappa shape index (κ2) is 8.14. The first-order valence-corrected chi connectivity index (χ1v) is 11.5. The first kappa shape index (κ1) is 19.7. The van der Waals surface area contributed by atoms with Crippen LogP contribution in [0, 0.1) is 5.92 Å². The molecule has 0 bridgehead atoms. The van der Waals surface area contributed by atoms with E-state index in [1.54, 1.807) is 0 Å². The molecular weight excluding hydrogens is 443 g/mol.